The zero-order valence-corrected chi connectivity index (χ0v) is 15.5. The van der Waals surface area contributed by atoms with Gasteiger partial charge in [0.25, 0.3) is 0 Å². The summed E-state index contributed by atoms with van der Waals surface area (Å²) in [6.45, 7) is 3.67. The SMILES string of the molecule is Cl.O=S(=O)(NCCN1CCNCC1c1cccnc1)c1ccccc1. The second-order valence-corrected chi connectivity index (χ2v) is 7.52. The molecule has 2 heterocycles. The van der Waals surface area contributed by atoms with Gasteiger partial charge in [0.05, 0.1) is 4.90 Å². The highest BCUT2D eigenvalue weighted by molar-refractivity contribution is 7.89. The molecule has 136 valence electrons. The number of sulfonamides is 1. The summed E-state index contributed by atoms with van der Waals surface area (Å²) in [5, 5.41) is 3.39. The number of hydrogen-bond acceptors (Lipinski definition) is 5. The molecule has 0 amide bonds. The summed E-state index contributed by atoms with van der Waals surface area (Å²) in [6, 6.07) is 12.7. The molecule has 1 aromatic carbocycles. The summed E-state index contributed by atoms with van der Waals surface area (Å²) in [5.74, 6) is 0. The Hall–Kier alpha value is -1.51. The van der Waals surface area contributed by atoms with E-state index >= 15 is 0 Å². The first-order chi connectivity index (χ1) is 11.7. The summed E-state index contributed by atoms with van der Waals surface area (Å²) < 4.78 is 27.2. The number of nitrogens with one attached hydrogen (secondary N) is 2. The minimum absolute atomic E-state index is 0. The Morgan fingerprint density at radius 2 is 2.00 bits per heavy atom. The molecular formula is C17H23ClN4O2S. The topological polar surface area (TPSA) is 74.3 Å². The monoisotopic (exact) mass is 382 g/mol. The van der Waals surface area contributed by atoms with Gasteiger partial charge in [-0.25, -0.2) is 13.1 Å². The lowest BCUT2D eigenvalue weighted by Crippen LogP contribution is -2.48. The minimum Gasteiger partial charge on any atom is -0.314 e. The molecule has 0 saturated carbocycles. The highest BCUT2D eigenvalue weighted by atomic mass is 35.5. The first-order valence-corrected chi connectivity index (χ1v) is 9.54. The Bertz CT molecular complexity index is 744. The van der Waals surface area contributed by atoms with Crippen LogP contribution in [0.1, 0.15) is 11.6 Å². The summed E-state index contributed by atoms with van der Waals surface area (Å²) in [7, 11) is -3.45. The van der Waals surface area contributed by atoms with Gasteiger partial charge in [0, 0.05) is 51.2 Å². The van der Waals surface area contributed by atoms with Gasteiger partial charge >= 0.3 is 0 Å². The zero-order chi connectivity index (χ0) is 16.8. The number of halogens is 1. The highest BCUT2D eigenvalue weighted by Gasteiger charge is 2.24. The van der Waals surface area contributed by atoms with E-state index in [-0.39, 0.29) is 18.4 Å². The molecule has 1 aromatic heterocycles. The van der Waals surface area contributed by atoms with Crippen LogP contribution in [0, 0.1) is 0 Å². The number of piperazine rings is 1. The maximum absolute atomic E-state index is 12.3. The zero-order valence-electron chi connectivity index (χ0n) is 13.8. The second-order valence-electron chi connectivity index (χ2n) is 5.75. The van der Waals surface area contributed by atoms with Crippen LogP contribution in [0.5, 0.6) is 0 Å². The number of hydrogen-bond donors (Lipinski definition) is 2. The van der Waals surface area contributed by atoms with Crippen LogP contribution in [0.2, 0.25) is 0 Å². The Kier molecular flexibility index (Phi) is 7.34. The van der Waals surface area contributed by atoms with E-state index < -0.39 is 10.0 Å². The van der Waals surface area contributed by atoms with Crippen LogP contribution in [-0.4, -0.2) is 51.0 Å². The fraction of sp³-hybridized carbons (Fsp3) is 0.353. The van der Waals surface area contributed by atoms with Crippen LogP contribution in [0.3, 0.4) is 0 Å². The van der Waals surface area contributed by atoms with Crippen LogP contribution in [-0.2, 0) is 10.0 Å². The Balaban J connectivity index is 0.00000225. The number of nitrogens with zero attached hydrogens (tertiary/aromatic N) is 2. The molecular weight excluding hydrogens is 360 g/mol. The van der Waals surface area contributed by atoms with Crippen molar-refractivity contribution in [3.63, 3.8) is 0 Å². The van der Waals surface area contributed by atoms with Crippen molar-refractivity contribution < 1.29 is 8.42 Å². The first-order valence-electron chi connectivity index (χ1n) is 8.06. The fourth-order valence-electron chi connectivity index (χ4n) is 2.92. The summed E-state index contributed by atoms with van der Waals surface area (Å²) in [6.07, 6.45) is 3.64. The van der Waals surface area contributed by atoms with E-state index in [1.807, 2.05) is 12.3 Å². The number of benzene rings is 1. The minimum atomic E-state index is -3.45. The molecule has 1 fully saturated rings. The molecule has 6 nitrogen and oxygen atoms in total. The molecule has 3 rings (SSSR count). The van der Waals surface area contributed by atoms with Crippen molar-refractivity contribution >= 4 is 22.4 Å². The third kappa shape index (κ3) is 5.23. The van der Waals surface area contributed by atoms with Gasteiger partial charge in [0.15, 0.2) is 0 Å². The van der Waals surface area contributed by atoms with Crippen LogP contribution in [0.4, 0.5) is 0 Å². The predicted octanol–water partition coefficient (Wildman–Crippen LogP) is 1.43. The average molecular weight is 383 g/mol. The third-order valence-electron chi connectivity index (χ3n) is 4.17. The van der Waals surface area contributed by atoms with Gasteiger partial charge in [-0.2, -0.15) is 0 Å². The number of rotatable bonds is 6. The maximum atomic E-state index is 12.3. The van der Waals surface area contributed by atoms with Gasteiger partial charge in [-0.1, -0.05) is 24.3 Å². The molecule has 1 aliphatic heterocycles. The quantitative estimate of drug-likeness (QED) is 0.790. The molecule has 2 N–H and O–H groups in total. The molecule has 25 heavy (non-hydrogen) atoms. The van der Waals surface area contributed by atoms with Crippen molar-refractivity contribution in [3.8, 4) is 0 Å². The van der Waals surface area contributed by atoms with E-state index in [9.17, 15) is 8.42 Å². The normalized spacial score (nSPS) is 18.5. The molecule has 1 aliphatic rings. The first kappa shape index (κ1) is 19.8. The summed E-state index contributed by atoms with van der Waals surface area (Å²) >= 11 is 0. The van der Waals surface area contributed by atoms with E-state index in [0.29, 0.717) is 18.0 Å². The van der Waals surface area contributed by atoms with Gasteiger partial charge in [-0.15, -0.1) is 12.4 Å². The van der Waals surface area contributed by atoms with Crippen molar-refractivity contribution in [2.75, 3.05) is 32.7 Å². The molecule has 1 unspecified atom stereocenters. The Labute approximate surface area is 155 Å². The van der Waals surface area contributed by atoms with E-state index in [1.54, 1.807) is 36.5 Å². The highest BCUT2D eigenvalue weighted by Crippen LogP contribution is 2.20. The molecule has 0 radical (unpaired) electrons. The van der Waals surface area contributed by atoms with Crippen molar-refractivity contribution in [2.24, 2.45) is 0 Å². The van der Waals surface area contributed by atoms with Crippen LogP contribution in [0.25, 0.3) is 0 Å². The predicted molar refractivity (Wildman–Crippen MR) is 100 cm³/mol. The van der Waals surface area contributed by atoms with Crippen molar-refractivity contribution in [1.29, 1.82) is 0 Å². The standard InChI is InChI=1S/C17H22N4O2S.ClH/c22-24(23,16-6-2-1-3-7-16)20-10-12-21-11-9-19-14-17(21)15-5-4-8-18-13-15;/h1-8,13,17,19-20H,9-12,14H2;1H. The number of pyridine rings is 1. The average Bonchev–Trinajstić information content (AvgIpc) is 2.63. The molecule has 0 spiro atoms. The number of aromatic nitrogens is 1. The smallest absolute Gasteiger partial charge is 0.240 e. The van der Waals surface area contributed by atoms with Gasteiger partial charge in [0.1, 0.15) is 0 Å². The van der Waals surface area contributed by atoms with Crippen molar-refractivity contribution in [3.05, 3.63) is 60.4 Å². The molecule has 8 heteroatoms. The second kappa shape index (κ2) is 9.26. The molecule has 1 saturated heterocycles. The van der Waals surface area contributed by atoms with Crippen molar-refractivity contribution in [2.45, 2.75) is 10.9 Å². The van der Waals surface area contributed by atoms with E-state index in [2.05, 4.69) is 26.0 Å². The summed E-state index contributed by atoms with van der Waals surface area (Å²) in [4.78, 5) is 6.78. The van der Waals surface area contributed by atoms with Gasteiger partial charge < -0.3 is 5.32 Å². The lowest BCUT2D eigenvalue weighted by atomic mass is 10.1. The lowest BCUT2D eigenvalue weighted by Gasteiger charge is -2.36. The van der Waals surface area contributed by atoms with Gasteiger partial charge in [0.2, 0.25) is 10.0 Å². The van der Waals surface area contributed by atoms with Gasteiger partial charge in [-0.05, 0) is 23.8 Å². The van der Waals surface area contributed by atoms with E-state index in [4.69, 9.17) is 0 Å². The molecule has 0 bridgehead atoms. The summed E-state index contributed by atoms with van der Waals surface area (Å²) in [5.41, 5.74) is 1.15. The van der Waals surface area contributed by atoms with E-state index in [1.165, 1.54) is 0 Å². The maximum Gasteiger partial charge on any atom is 0.240 e. The molecule has 1 atom stereocenters. The largest absolute Gasteiger partial charge is 0.314 e. The lowest BCUT2D eigenvalue weighted by molar-refractivity contribution is 0.165. The fourth-order valence-corrected chi connectivity index (χ4v) is 3.96. The van der Waals surface area contributed by atoms with E-state index in [0.717, 1.165) is 25.2 Å². The van der Waals surface area contributed by atoms with Crippen LogP contribution < -0.4 is 10.0 Å². The molecule has 0 aliphatic carbocycles. The van der Waals surface area contributed by atoms with Crippen LogP contribution in [0.15, 0.2) is 59.8 Å². The third-order valence-corrected chi connectivity index (χ3v) is 5.64. The van der Waals surface area contributed by atoms with Crippen LogP contribution >= 0.6 is 12.4 Å². The Morgan fingerprint density at radius 1 is 1.20 bits per heavy atom. The van der Waals surface area contributed by atoms with Crippen molar-refractivity contribution in [1.82, 2.24) is 19.9 Å². The van der Waals surface area contributed by atoms with Gasteiger partial charge in [-0.3, -0.25) is 9.88 Å². The Morgan fingerprint density at radius 3 is 2.72 bits per heavy atom. The molecule has 2 aromatic rings.